The second-order valence-corrected chi connectivity index (χ2v) is 6.94. The van der Waals surface area contributed by atoms with Crippen molar-refractivity contribution in [2.75, 3.05) is 19.0 Å². The summed E-state index contributed by atoms with van der Waals surface area (Å²) in [6, 6.07) is 4.72. The summed E-state index contributed by atoms with van der Waals surface area (Å²) >= 11 is 11.8. The van der Waals surface area contributed by atoms with Gasteiger partial charge in [0.25, 0.3) is 0 Å². The lowest BCUT2D eigenvalue weighted by atomic mass is 10.1. The third kappa shape index (κ3) is 4.02. The number of rotatable bonds is 4. The molecular weight excluding hydrogens is 307 g/mol. The molecule has 0 aliphatic carbocycles. The fraction of sp³-hybridized carbons (Fsp3) is 0.462. The van der Waals surface area contributed by atoms with Gasteiger partial charge in [0.2, 0.25) is 0 Å². The van der Waals surface area contributed by atoms with Crippen molar-refractivity contribution in [3.63, 3.8) is 0 Å². The van der Waals surface area contributed by atoms with Crippen molar-refractivity contribution in [1.29, 1.82) is 0 Å². The molecule has 0 aromatic heterocycles. The summed E-state index contributed by atoms with van der Waals surface area (Å²) in [5, 5.41) is 0.832. The molecule has 1 aromatic rings. The van der Waals surface area contributed by atoms with Gasteiger partial charge < -0.3 is 4.74 Å². The van der Waals surface area contributed by atoms with Crippen molar-refractivity contribution < 1.29 is 13.7 Å². The van der Waals surface area contributed by atoms with Gasteiger partial charge in [-0.25, -0.2) is 0 Å². The van der Waals surface area contributed by atoms with Crippen molar-refractivity contribution in [3.05, 3.63) is 33.8 Å². The number of carbonyl (C=O) groups excluding carboxylic acids is 1. The van der Waals surface area contributed by atoms with E-state index in [0.29, 0.717) is 28.8 Å². The Bertz CT molecular complexity index is 499. The van der Waals surface area contributed by atoms with Gasteiger partial charge in [-0.05, 0) is 31.0 Å². The van der Waals surface area contributed by atoms with Gasteiger partial charge in [0, 0.05) is 39.8 Å². The Labute approximate surface area is 124 Å². The van der Waals surface area contributed by atoms with Crippen LogP contribution in [0.2, 0.25) is 10.0 Å². The maximum Gasteiger partial charge on any atom is 0.176 e. The normalized spacial score (nSPS) is 18.2. The minimum Gasteiger partial charge on any atom is -0.381 e. The molecule has 1 aliphatic heterocycles. The molecule has 3 nitrogen and oxygen atoms in total. The van der Waals surface area contributed by atoms with Gasteiger partial charge >= 0.3 is 0 Å². The summed E-state index contributed by atoms with van der Waals surface area (Å²) in [6.45, 7) is 1.23. The van der Waals surface area contributed by atoms with E-state index in [4.69, 9.17) is 27.9 Å². The Kier molecular flexibility index (Phi) is 5.39. The van der Waals surface area contributed by atoms with E-state index in [1.807, 2.05) is 0 Å². The second-order valence-electron chi connectivity index (χ2n) is 4.38. The topological polar surface area (TPSA) is 43.4 Å². The average Bonchev–Trinajstić information content (AvgIpc) is 2.42. The predicted molar refractivity (Wildman–Crippen MR) is 77.6 cm³/mol. The van der Waals surface area contributed by atoms with Crippen LogP contribution in [0.4, 0.5) is 0 Å². The van der Waals surface area contributed by atoms with Crippen LogP contribution in [-0.2, 0) is 15.5 Å². The van der Waals surface area contributed by atoms with E-state index < -0.39 is 10.8 Å². The lowest BCUT2D eigenvalue weighted by Crippen LogP contribution is -2.28. The summed E-state index contributed by atoms with van der Waals surface area (Å²) in [7, 11) is -1.18. The summed E-state index contributed by atoms with van der Waals surface area (Å²) in [4.78, 5) is 12.1. The number of ketones is 1. The van der Waals surface area contributed by atoms with Gasteiger partial charge in [0.15, 0.2) is 5.78 Å². The van der Waals surface area contributed by atoms with Crippen molar-refractivity contribution in [1.82, 2.24) is 0 Å². The Morgan fingerprint density at radius 1 is 1.32 bits per heavy atom. The molecule has 0 amide bonds. The highest BCUT2D eigenvalue weighted by Gasteiger charge is 2.23. The number of Topliss-reactive ketones (excluding diaryl/α,β-unsaturated/α-hetero) is 1. The molecule has 6 heteroatoms. The zero-order valence-electron chi connectivity index (χ0n) is 10.2. The predicted octanol–water partition coefficient (Wildman–Crippen LogP) is 3.10. The van der Waals surface area contributed by atoms with E-state index in [-0.39, 0.29) is 16.8 Å². The van der Waals surface area contributed by atoms with Gasteiger partial charge in [-0.15, -0.1) is 0 Å². The summed E-state index contributed by atoms with van der Waals surface area (Å²) < 4.78 is 17.4. The van der Waals surface area contributed by atoms with Crippen molar-refractivity contribution >= 4 is 39.8 Å². The first-order valence-corrected chi connectivity index (χ1v) is 8.15. The minimum atomic E-state index is -1.18. The fourth-order valence-corrected chi connectivity index (χ4v) is 3.74. The highest BCUT2D eigenvalue weighted by Crippen LogP contribution is 2.22. The molecule has 104 valence electrons. The average molecular weight is 321 g/mol. The van der Waals surface area contributed by atoms with Crippen LogP contribution >= 0.6 is 23.2 Å². The quantitative estimate of drug-likeness (QED) is 0.801. The lowest BCUT2D eigenvalue weighted by molar-refractivity contribution is 0.0980. The smallest absolute Gasteiger partial charge is 0.176 e. The first kappa shape index (κ1) is 15.0. The molecule has 0 bridgehead atoms. The van der Waals surface area contributed by atoms with Crippen LogP contribution in [0.1, 0.15) is 23.2 Å². The van der Waals surface area contributed by atoms with Gasteiger partial charge in [0.1, 0.15) is 0 Å². The van der Waals surface area contributed by atoms with Gasteiger partial charge in [-0.3, -0.25) is 9.00 Å². The maximum absolute atomic E-state index is 12.1. The molecule has 2 rings (SSSR count). The van der Waals surface area contributed by atoms with Crippen LogP contribution < -0.4 is 0 Å². The molecule has 1 aliphatic rings. The van der Waals surface area contributed by atoms with Crippen LogP contribution in [-0.4, -0.2) is 34.2 Å². The molecule has 0 N–H and O–H groups in total. The van der Waals surface area contributed by atoms with Crippen LogP contribution in [0.3, 0.4) is 0 Å². The van der Waals surface area contributed by atoms with Crippen LogP contribution in [0, 0.1) is 0 Å². The Morgan fingerprint density at radius 3 is 2.68 bits per heavy atom. The first-order chi connectivity index (χ1) is 9.08. The number of hydrogen-bond donors (Lipinski definition) is 0. The number of ether oxygens (including phenoxy) is 1. The highest BCUT2D eigenvalue weighted by molar-refractivity contribution is 7.86. The van der Waals surface area contributed by atoms with E-state index in [0.717, 1.165) is 12.8 Å². The molecule has 0 radical (unpaired) electrons. The van der Waals surface area contributed by atoms with E-state index in [2.05, 4.69) is 0 Å². The van der Waals surface area contributed by atoms with E-state index in [1.54, 1.807) is 12.1 Å². The monoisotopic (exact) mass is 320 g/mol. The SMILES string of the molecule is O=C(CS(=O)C1CCOCC1)c1cc(Cl)ccc1Cl. The highest BCUT2D eigenvalue weighted by atomic mass is 35.5. The zero-order chi connectivity index (χ0) is 13.8. The fourth-order valence-electron chi connectivity index (χ4n) is 1.97. The molecule has 1 fully saturated rings. The zero-order valence-corrected chi connectivity index (χ0v) is 12.6. The number of benzene rings is 1. The van der Waals surface area contributed by atoms with E-state index >= 15 is 0 Å². The van der Waals surface area contributed by atoms with Crippen molar-refractivity contribution in [2.24, 2.45) is 0 Å². The third-order valence-electron chi connectivity index (χ3n) is 3.04. The Hall–Kier alpha value is -0.420. The van der Waals surface area contributed by atoms with Gasteiger partial charge in [0.05, 0.1) is 10.8 Å². The first-order valence-electron chi connectivity index (χ1n) is 6.01. The molecular formula is C13H14Cl2O3S. The summed E-state index contributed by atoms with van der Waals surface area (Å²) in [6.07, 6.45) is 1.48. The number of hydrogen-bond acceptors (Lipinski definition) is 3. The summed E-state index contributed by atoms with van der Waals surface area (Å²) in [5.41, 5.74) is 0.342. The molecule has 1 aromatic carbocycles. The Balaban J connectivity index is 2.04. The maximum atomic E-state index is 12.1. The third-order valence-corrected chi connectivity index (χ3v) is 5.37. The van der Waals surface area contributed by atoms with Crippen molar-refractivity contribution in [2.45, 2.75) is 18.1 Å². The molecule has 1 heterocycles. The number of halogens is 2. The Morgan fingerprint density at radius 2 is 2.00 bits per heavy atom. The van der Waals surface area contributed by atoms with E-state index in [9.17, 15) is 9.00 Å². The molecule has 19 heavy (non-hydrogen) atoms. The van der Waals surface area contributed by atoms with Gasteiger partial charge in [-0.1, -0.05) is 23.2 Å². The minimum absolute atomic E-state index is 0.00920. The number of carbonyl (C=O) groups is 1. The molecule has 1 unspecified atom stereocenters. The lowest BCUT2D eigenvalue weighted by Gasteiger charge is -2.21. The van der Waals surface area contributed by atoms with Crippen LogP contribution in [0.15, 0.2) is 18.2 Å². The standard InChI is InChI=1S/C13H14Cl2O3S/c14-9-1-2-12(15)11(7-9)13(16)8-19(17)10-3-5-18-6-4-10/h1-2,7,10H,3-6,8H2. The van der Waals surface area contributed by atoms with Crippen molar-refractivity contribution in [3.8, 4) is 0 Å². The molecule has 1 atom stereocenters. The summed E-state index contributed by atoms with van der Waals surface area (Å²) in [5.74, 6) is -0.234. The van der Waals surface area contributed by atoms with Crippen LogP contribution in [0.5, 0.6) is 0 Å². The second kappa shape index (κ2) is 6.84. The molecule has 0 spiro atoms. The van der Waals surface area contributed by atoms with Crippen LogP contribution in [0.25, 0.3) is 0 Å². The largest absolute Gasteiger partial charge is 0.381 e. The van der Waals surface area contributed by atoms with E-state index in [1.165, 1.54) is 6.07 Å². The molecule has 1 saturated heterocycles. The van der Waals surface area contributed by atoms with Gasteiger partial charge in [-0.2, -0.15) is 0 Å². The molecule has 0 saturated carbocycles.